The number of nitriles is 1. The average molecular weight is 197 g/mol. The smallest absolute Gasteiger partial charge is 0.0851 e. The SMILES string of the molecule is CCC1(C)CC(O)(C(C)C#N)CCO1. The van der Waals surface area contributed by atoms with Gasteiger partial charge in [-0.1, -0.05) is 6.92 Å². The quantitative estimate of drug-likeness (QED) is 0.735. The summed E-state index contributed by atoms with van der Waals surface area (Å²) in [7, 11) is 0. The van der Waals surface area contributed by atoms with Gasteiger partial charge in [0.2, 0.25) is 0 Å². The molecule has 14 heavy (non-hydrogen) atoms. The van der Waals surface area contributed by atoms with Crippen LogP contribution in [0.2, 0.25) is 0 Å². The molecule has 80 valence electrons. The van der Waals surface area contributed by atoms with Gasteiger partial charge < -0.3 is 9.84 Å². The number of ether oxygens (including phenoxy) is 1. The first-order valence-electron chi connectivity index (χ1n) is 5.22. The first-order chi connectivity index (χ1) is 6.46. The zero-order valence-electron chi connectivity index (χ0n) is 9.21. The van der Waals surface area contributed by atoms with Gasteiger partial charge in [-0.05, 0) is 20.3 Å². The van der Waals surface area contributed by atoms with Gasteiger partial charge in [-0.25, -0.2) is 0 Å². The first-order valence-corrected chi connectivity index (χ1v) is 5.22. The van der Waals surface area contributed by atoms with E-state index in [9.17, 15) is 5.11 Å². The highest BCUT2D eigenvalue weighted by Gasteiger charge is 2.44. The van der Waals surface area contributed by atoms with Crippen molar-refractivity contribution in [2.75, 3.05) is 6.61 Å². The fourth-order valence-electron chi connectivity index (χ4n) is 1.98. The Morgan fingerprint density at radius 2 is 2.29 bits per heavy atom. The standard InChI is InChI=1S/C11H19NO2/c1-4-10(3)8-11(13,5-6-14-10)9(2)7-12/h9,13H,4-6,8H2,1-3H3. The third kappa shape index (κ3) is 2.08. The monoisotopic (exact) mass is 197 g/mol. The molecule has 0 spiro atoms. The Balaban J connectivity index is 2.78. The van der Waals surface area contributed by atoms with Crippen LogP contribution in [0.15, 0.2) is 0 Å². The van der Waals surface area contributed by atoms with Crippen LogP contribution in [0.3, 0.4) is 0 Å². The van der Waals surface area contributed by atoms with E-state index >= 15 is 0 Å². The molecule has 1 heterocycles. The van der Waals surface area contributed by atoms with Gasteiger partial charge in [-0.15, -0.1) is 0 Å². The third-order valence-corrected chi connectivity index (χ3v) is 3.41. The van der Waals surface area contributed by atoms with Crippen molar-refractivity contribution in [3.63, 3.8) is 0 Å². The van der Waals surface area contributed by atoms with Crippen molar-refractivity contribution < 1.29 is 9.84 Å². The van der Waals surface area contributed by atoms with Crippen molar-refractivity contribution in [1.29, 1.82) is 5.26 Å². The lowest BCUT2D eigenvalue weighted by Gasteiger charge is -2.44. The molecule has 0 aliphatic carbocycles. The second kappa shape index (κ2) is 3.88. The van der Waals surface area contributed by atoms with Crippen LogP contribution < -0.4 is 0 Å². The van der Waals surface area contributed by atoms with Crippen molar-refractivity contribution in [3.8, 4) is 6.07 Å². The third-order valence-electron chi connectivity index (χ3n) is 3.41. The lowest BCUT2D eigenvalue weighted by molar-refractivity contribution is -0.164. The Labute approximate surface area is 85.7 Å². The molecule has 0 amide bonds. The Hall–Kier alpha value is -0.590. The highest BCUT2D eigenvalue weighted by atomic mass is 16.5. The van der Waals surface area contributed by atoms with Crippen LogP contribution in [-0.2, 0) is 4.74 Å². The van der Waals surface area contributed by atoms with E-state index in [1.54, 1.807) is 6.92 Å². The summed E-state index contributed by atoms with van der Waals surface area (Å²) in [6.07, 6.45) is 2.00. The summed E-state index contributed by atoms with van der Waals surface area (Å²) >= 11 is 0. The van der Waals surface area contributed by atoms with Crippen molar-refractivity contribution in [1.82, 2.24) is 0 Å². The zero-order chi connectivity index (χ0) is 10.8. The molecule has 3 nitrogen and oxygen atoms in total. The van der Waals surface area contributed by atoms with E-state index in [1.165, 1.54) is 0 Å². The Bertz CT molecular complexity index is 248. The van der Waals surface area contributed by atoms with Crippen LogP contribution in [0.4, 0.5) is 0 Å². The summed E-state index contributed by atoms with van der Waals surface area (Å²) in [5, 5.41) is 19.1. The highest BCUT2D eigenvalue weighted by Crippen LogP contribution is 2.38. The fourth-order valence-corrected chi connectivity index (χ4v) is 1.98. The maximum absolute atomic E-state index is 10.3. The second-order valence-corrected chi connectivity index (χ2v) is 4.53. The molecule has 0 aromatic rings. The van der Waals surface area contributed by atoms with E-state index in [0.717, 1.165) is 6.42 Å². The van der Waals surface area contributed by atoms with E-state index in [0.29, 0.717) is 19.4 Å². The summed E-state index contributed by atoms with van der Waals surface area (Å²) < 4.78 is 5.64. The van der Waals surface area contributed by atoms with Crippen LogP contribution in [0.5, 0.6) is 0 Å². The maximum Gasteiger partial charge on any atom is 0.0851 e. The number of hydrogen-bond acceptors (Lipinski definition) is 3. The van der Waals surface area contributed by atoms with Gasteiger partial charge in [0.1, 0.15) is 0 Å². The van der Waals surface area contributed by atoms with Gasteiger partial charge in [0, 0.05) is 12.8 Å². The first kappa shape index (κ1) is 11.5. The maximum atomic E-state index is 10.3. The number of rotatable bonds is 2. The predicted octanol–water partition coefficient (Wildman–Crippen LogP) is 1.86. The minimum Gasteiger partial charge on any atom is -0.388 e. The van der Waals surface area contributed by atoms with E-state index in [2.05, 4.69) is 6.07 Å². The number of nitrogens with zero attached hydrogens (tertiary/aromatic N) is 1. The largest absolute Gasteiger partial charge is 0.388 e. The molecule has 3 heteroatoms. The van der Waals surface area contributed by atoms with Gasteiger partial charge in [0.05, 0.1) is 29.8 Å². The lowest BCUT2D eigenvalue weighted by Crippen LogP contribution is -2.50. The summed E-state index contributed by atoms with van der Waals surface area (Å²) in [4.78, 5) is 0. The van der Waals surface area contributed by atoms with Crippen LogP contribution in [0.25, 0.3) is 0 Å². The molecular weight excluding hydrogens is 178 g/mol. The molecule has 1 fully saturated rings. The topological polar surface area (TPSA) is 53.2 Å². The molecule has 0 aromatic carbocycles. The van der Waals surface area contributed by atoms with Gasteiger partial charge in [0.15, 0.2) is 0 Å². The summed E-state index contributed by atoms with van der Waals surface area (Å²) in [5.74, 6) is -0.322. The Morgan fingerprint density at radius 1 is 1.64 bits per heavy atom. The molecule has 1 aliphatic rings. The number of aliphatic hydroxyl groups is 1. The summed E-state index contributed by atoms with van der Waals surface area (Å²) in [6.45, 7) is 6.37. The van der Waals surface area contributed by atoms with Crippen LogP contribution in [0.1, 0.15) is 40.0 Å². The van der Waals surface area contributed by atoms with Crippen LogP contribution in [0, 0.1) is 17.2 Å². The average Bonchev–Trinajstić information content (AvgIpc) is 2.16. The minimum atomic E-state index is -0.863. The van der Waals surface area contributed by atoms with Gasteiger partial charge >= 0.3 is 0 Å². The number of hydrogen-bond donors (Lipinski definition) is 1. The normalized spacial score (nSPS) is 40.2. The molecule has 1 aliphatic heterocycles. The van der Waals surface area contributed by atoms with E-state index in [4.69, 9.17) is 10.00 Å². The molecule has 0 saturated carbocycles. The molecule has 1 N–H and O–H groups in total. The molecule has 3 unspecified atom stereocenters. The molecule has 0 bridgehead atoms. The van der Waals surface area contributed by atoms with Gasteiger partial charge in [0.25, 0.3) is 0 Å². The zero-order valence-corrected chi connectivity index (χ0v) is 9.21. The highest BCUT2D eigenvalue weighted by molar-refractivity contribution is 5.02. The van der Waals surface area contributed by atoms with Gasteiger partial charge in [-0.3, -0.25) is 0 Å². The summed E-state index contributed by atoms with van der Waals surface area (Å²) in [5.41, 5.74) is -1.13. The Morgan fingerprint density at radius 3 is 2.79 bits per heavy atom. The molecule has 1 rings (SSSR count). The van der Waals surface area contributed by atoms with Crippen molar-refractivity contribution in [2.45, 2.75) is 51.2 Å². The van der Waals surface area contributed by atoms with E-state index in [1.807, 2.05) is 13.8 Å². The van der Waals surface area contributed by atoms with E-state index < -0.39 is 5.60 Å². The van der Waals surface area contributed by atoms with E-state index in [-0.39, 0.29) is 11.5 Å². The molecule has 1 saturated heterocycles. The van der Waals surface area contributed by atoms with Crippen LogP contribution >= 0.6 is 0 Å². The minimum absolute atomic E-state index is 0.266. The molecule has 0 aromatic heterocycles. The van der Waals surface area contributed by atoms with Crippen molar-refractivity contribution >= 4 is 0 Å². The Kier molecular flexibility index (Phi) is 3.18. The second-order valence-electron chi connectivity index (χ2n) is 4.53. The van der Waals surface area contributed by atoms with Crippen molar-refractivity contribution in [3.05, 3.63) is 0 Å². The molecule has 0 radical (unpaired) electrons. The van der Waals surface area contributed by atoms with Crippen LogP contribution in [-0.4, -0.2) is 22.9 Å². The summed E-state index contributed by atoms with van der Waals surface area (Å²) in [6, 6.07) is 2.13. The predicted molar refractivity (Wildman–Crippen MR) is 53.6 cm³/mol. The van der Waals surface area contributed by atoms with Gasteiger partial charge in [-0.2, -0.15) is 5.26 Å². The molecular formula is C11H19NO2. The lowest BCUT2D eigenvalue weighted by atomic mass is 9.75. The fraction of sp³-hybridized carbons (Fsp3) is 0.909. The van der Waals surface area contributed by atoms with Crippen molar-refractivity contribution in [2.24, 2.45) is 5.92 Å². The molecule has 3 atom stereocenters.